The Balaban J connectivity index is 2.16. The Morgan fingerprint density at radius 2 is 1.78 bits per heavy atom. The van der Waals surface area contributed by atoms with Gasteiger partial charge in [0.15, 0.2) is 12.8 Å². The molecule has 2 aromatic rings. The van der Waals surface area contributed by atoms with Gasteiger partial charge >= 0.3 is 0 Å². The third-order valence-electron chi connectivity index (χ3n) is 2.49. The Labute approximate surface area is 105 Å². The summed E-state index contributed by atoms with van der Waals surface area (Å²) in [7, 11) is 0. The Hall–Kier alpha value is -2.49. The molecule has 2 N–H and O–H groups in total. The number of hydroxylamine groups is 1. The van der Waals surface area contributed by atoms with E-state index in [9.17, 15) is 10.3 Å². The number of rotatable bonds is 3. The molecule has 0 aliphatic carbocycles. The van der Waals surface area contributed by atoms with Gasteiger partial charge in [0.05, 0.1) is 5.56 Å². The van der Waals surface area contributed by atoms with Crippen molar-refractivity contribution in [3.63, 3.8) is 0 Å². The first-order valence-electron chi connectivity index (χ1n) is 5.50. The molecule has 0 heterocycles. The monoisotopic (exact) mass is 243 g/mol. The van der Waals surface area contributed by atoms with Gasteiger partial charge in [-0.05, 0) is 24.3 Å². The zero-order valence-corrected chi connectivity index (χ0v) is 9.65. The van der Waals surface area contributed by atoms with Crippen molar-refractivity contribution in [2.24, 2.45) is 0 Å². The highest BCUT2D eigenvalue weighted by molar-refractivity contribution is 5.75. The second-order valence-corrected chi connectivity index (χ2v) is 3.93. The van der Waals surface area contributed by atoms with E-state index in [-0.39, 0.29) is 18.0 Å². The fourth-order valence-corrected chi connectivity index (χ4v) is 1.60. The van der Waals surface area contributed by atoms with Gasteiger partial charge in [0.2, 0.25) is 0 Å². The molecular weight excluding hydrogens is 230 g/mol. The minimum absolute atomic E-state index is 0.0271. The Bertz CT molecular complexity index is 565. The molecule has 4 nitrogen and oxygen atoms in total. The minimum atomic E-state index is -0.0858. The summed E-state index contributed by atoms with van der Waals surface area (Å²) in [6.07, 6.45) is 1.45. The third-order valence-corrected chi connectivity index (χ3v) is 2.49. The smallest absolute Gasteiger partial charge is 0.182 e. The summed E-state index contributed by atoms with van der Waals surface area (Å²) < 4.78 is 0.738. The lowest BCUT2D eigenvalue weighted by atomic mass is 10.2. The fraction of sp³-hybridized carbons (Fsp3) is 0.0714. The summed E-state index contributed by atoms with van der Waals surface area (Å²) in [5.41, 5.74) is 1.26. The first kappa shape index (κ1) is 12.0. The molecule has 0 fully saturated rings. The van der Waals surface area contributed by atoms with Crippen LogP contribution in [-0.2, 0) is 6.54 Å². The number of phenolic OH excluding ortho intramolecular Hbond substituents is 2. The van der Waals surface area contributed by atoms with Gasteiger partial charge in [0.25, 0.3) is 0 Å². The molecular formula is C14H13NO3. The van der Waals surface area contributed by atoms with Crippen LogP contribution in [0.3, 0.4) is 0 Å². The normalized spacial score (nSPS) is 11.4. The second kappa shape index (κ2) is 5.23. The molecule has 18 heavy (non-hydrogen) atoms. The SMILES string of the molecule is [O-]/[N+](=C/c1ccccc1)Cc1ccc(O)cc1O. The zero-order valence-electron chi connectivity index (χ0n) is 9.65. The Morgan fingerprint density at radius 3 is 2.44 bits per heavy atom. The van der Waals surface area contributed by atoms with Crippen LogP contribution in [0.15, 0.2) is 48.5 Å². The molecule has 0 amide bonds. The molecule has 0 aromatic heterocycles. The number of benzene rings is 2. The summed E-state index contributed by atoms with van der Waals surface area (Å²) in [4.78, 5) is 0. The lowest BCUT2D eigenvalue weighted by Crippen LogP contribution is -2.05. The van der Waals surface area contributed by atoms with E-state index < -0.39 is 0 Å². The van der Waals surface area contributed by atoms with Crippen molar-refractivity contribution in [1.29, 1.82) is 0 Å². The van der Waals surface area contributed by atoms with Crippen LogP contribution in [0.25, 0.3) is 0 Å². The molecule has 2 aromatic carbocycles. The molecule has 0 spiro atoms. The van der Waals surface area contributed by atoms with Crippen LogP contribution in [-0.4, -0.2) is 21.2 Å². The van der Waals surface area contributed by atoms with Gasteiger partial charge in [0.1, 0.15) is 11.5 Å². The highest BCUT2D eigenvalue weighted by Gasteiger charge is 2.06. The van der Waals surface area contributed by atoms with Crippen molar-refractivity contribution in [1.82, 2.24) is 0 Å². The highest BCUT2D eigenvalue weighted by Crippen LogP contribution is 2.22. The van der Waals surface area contributed by atoms with E-state index in [1.807, 2.05) is 30.3 Å². The van der Waals surface area contributed by atoms with Crippen molar-refractivity contribution >= 4 is 6.21 Å². The van der Waals surface area contributed by atoms with Gasteiger partial charge in [-0.15, -0.1) is 0 Å². The highest BCUT2D eigenvalue weighted by atomic mass is 16.5. The standard InChI is InChI=1S/C14H13NO3/c16-13-7-6-12(14(17)8-13)10-15(18)9-11-4-2-1-3-5-11/h1-9,16-17H,10H2/b15-9+. The lowest BCUT2D eigenvalue weighted by molar-refractivity contribution is -0.469. The quantitative estimate of drug-likeness (QED) is 0.376. The van der Waals surface area contributed by atoms with E-state index >= 15 is 0 Å². The zero-order chi connectivity index (χ0) is 13.0. The summed E-state index contributed by atoms with van der Waals surface area (Å²) in [5, 5.41) is 30.4. The molecule has 0 bridgehead atoms. The van der Waals surface area contributed by atoms with Crippen LogP contribution in [0.5, 0.6) is 11.5 Å². The first-order valence-corrected chi connectivity index (χ1v) is 5.50. The van der Waals surface area contributed by atoms with Crippen molar-refractivity contribution in [3.8, 4) is 11.5 Å². The molecule has 0 atom stereocenters. The van der Waals surface area contributed by atoms with Gasteiger partial charge in [-0.1, -0.05) is 18.2 Å². The average Bonchev–Trinajstić information content (AvgIpc) is 2.34. The predicted octanol–water partition coefficient (Wildman–Crippen LogP) is 2.23. The molecule has 2 rings (SSSR count). The molecule has 0 aliphatic rings. The van der Waals surface area contributed by atoms with E-state index in [1.165, 1.54) is 24.4 Å². The number of phenols is 2. The summed E-state index contributed by atoms with van der Waals surface area (Å²) in [6.45, 7) is 0.0288. The van der Waals surface area contributed by atoms with Gasteiger partial charge in [-0.2, -0.15) is 0 Å². The average molecular weight is 243 g/mol. The van der Waals surface area contributed by atoms with E-state index in [0.717, 1.165) is 10.3 Å². The van der Waals surface area contributed by atoms with E-state index in [4.69, 9.17) is 5.11 Å². The maximum Gasteiger partial charge on any atom is 0.182 e. The van der Waals surface area contributed by atoms with Crippen LogP contribution in [0, 0.1) is 5.21 Å². The van der Waals surface area contributed by atoms with E-state index in [2.05, 4.69) is 0 Å². The van der Waals surface area contributed by atoms with E-state index in [0.29, 0.717) is 5.56 Å². The third kappa shape index (κ3) is 3.01. The molecule has 0 aliphatic heterocycles. The Kier molecular flexibility index (Phi) is 3.48. The molecule has 0 saturated carbocycles. The number of hydrogen-bond donors (Lipinski definition) is 2. The predicted molar refractivity (Wildman–Crippen MR) is 68.7 cm³/mol. The van der Waals surface area contributed by atoms with Crippen molar-refractivity contribution < 1.29 is 15.0 Å². The number of hydrogen-bond acceptors (Lipinski definition) is 3. The van der Waals surface area contributed by atoms with Crippen LogP contribution in [0.1, 0.15) is 11.1 Å². The van der Waals surface area contributed by atoms with Gasteiger partial charge in [-0.25, -0.2) is 4.74 Å². The van der Waals surface area contributed by atoms with Crippen LogP contribution >= 0.6 is 0 Å². The number of aromatic hydroxyl groups is 2. The first-order chi connectivity index (χ1) is 8.65. The van der Waals surface area contributed by atoms with Gasteiger partial charge in [-0.3, -0.25) is 0 Å². The Morgan fingerprint density at radius 1 is 1.06 bits per heavy atom. The largest absolute Gasteiger partial charge is 0.624 e. The van der Waals surface area contributed by atoms with Crippen molar-refractivity contribution in [2.45, 2.75) is 6.54 Å². The molecule has 0 unspecified atom stereocenters. The summed E-state index contributed by atoms with van der Waals surface area (Å²) in [5.74, 6) is -0.113. The molecule has 92 valence electrons. The van der Waals surface area contributed by atoms with Crippen molar-refractivity contribution in [2.75, 3.05) is 0 Å². The second-order valence-electron chi connectivity index (χ2n) is 3.93. The minimum Gasteiger partial charge on any atom is -0.624 e. The topological polar surface area (TPSA) is 66.5 Å². The summed E-state index contributed by atoms with van der Waals surface area (Å²) in [6, 6.07) is 13.4. The van der Waals surface area contributed by atoms with Crippen LogP contribution in [0.2, 0.25) is 0 Å². The van der Waals surface area contributed by atoms with Gasteiger partial charge in [0, 0.05) is 11.6 Å². The molecule has 4 heteroatoms. The maximum atomic E-state index is 11.7. The lowest BCUT2D eigenvalue weighted by Gasteiger charge is -2.06. The van der Waals surface area contributed by atoms with Crippen LogP contribution in [0.4, 0.5) is 0 Å². The number of nitrogens with zero attached hydrogens (tertiary/aromatic N) is 1. The fourth-order valence-electron chi connectivity index (χ4n) is 1.60. The van der Waals surface area contributed by atoms with Crippen molar-refractivity contribution in [3.05, 3.63) is 64.9 Å². The summed E-state index contributed by atoms with van der Waals surface area (Å²) >= 11 is 0. The van der Waals surface area contributed by atoms with Crippen LogP contribution < -0.4 is 0 Å². The molecule has 0 radical (unpaired) electrons. The molecule has 0 saturated heterocycles. The maximum absolute atomic E-state index is 11.7. The van der Waals surface area contributed by atoms with Gasteiger partial charge < -0.3 is 15.4 Å². The van der Waals surface area contributed by atoms with E-state index in [1.54, 1.807) is 0 Å².